The van der Waals surface area contributed by atoms with Crippen molar-refractivity contribution in [2.24, 2.45) is 0 Å². The molecule has 0 radical (unpaired) electrons. The van der Waals surface area contributed by atoms with Gasteiger partial charge in [0.2, 0.25) is 0 Å². The molecule has 1 atom stereocenters. The Morgan fingerprint density at radius 3 is 2.75 bits per heavy atom. The van der Waals surface area contributed by atoms with Crippen LogP contribution in [0.1, 0.15) is 40.3 Å². The number of pyridine rings is 1. The van der Waals surface area contributed by atoms with Crippen LogP contribution >= 0.6 is 11.6 Å². The van der Waals surface area contributed by atoms with E-state index in [9.17, 15) is 15.2 Å². The van der Waals surface area contributed by atoms with E-state index < -0.39 is 5.97 Å². The third-order valence-electron chi connectivity index (χ3n) is 4.93. The standard InChI is InChI=1S/C22H23ClN6O3/c1-12-9-14(13(2)25-15-5-6-18(23)27-20(15)22(30)31)19-16(10-12)26-17(11-24)21(28-19)29(3)7-8-32-4/h5-6,9-10,13,25H,7-8H2,1-4H3,(H,30,31)/t13-/m1/s1. The van der Waals surface area contributed by atoms with Crippen molar-refractivity contribution in [1.29, 1.82) is 5.26 Å². The summed E-state index contributed by atoms with van der Waals surface area (Å²) in [6.07, 6.45) is 0. The zero-order chi connectivity index (χ0) is 23.4. The number of likely N-dealkylation sites (N-methyl/N-ethyl adjacent to an activating group) is 1. The Morgan fingerprint density at radius 1 is 1.34 bits per heavy atom. The number of aryl methyl sites for hydroxylation is 1. The number of carbonyl (C=O) groups is 1. The Kier molecular flexibility index (Phi) is 7.08. The van der Waals surface area contributed by atoms with Crippen LogP contribution in [0.2, 0.25) is 5.15 Å². The summed E-state index contributed by atoms with van der Waals surface area (Å²) in [5.41, 5.74) is 3.34. The van der Waals surface area contributed by atoms with Gasteiger partial charge < -0.3 is 20.1 Å². The number of aromatic nitrogens is 3. The van der Waals surface area contributed by atoms with Crippen molar-refractivity contribution in [1.82, 2.24) is 15.0 Å². The van der Waals surface area contributed by atoms with E-state index in [1.807, 2.05) is 37.9 Å². The van der Waals surface area contributed by atoms with Gasteiger partial charge in [-0.2, -0.15) is 5.26 Å². The molecule has 1 aromatic carbocycles. The van der Waals surface area contributed by atoms with Crippen LogP contribution in [0.3, 0.4) is 0 Å². The summed E-state index contributed by atoms with van der Waals surface area (Å²) in [6.45, 7) is 4.83. The molecule has 0 aliphatic carbocycles. The van der Waals surface area contributed by atoms with Crippen molar-refractivity contribution in [3.8, 4) is 6.07 Å². The Balaban J connectivity index is 2.10. The SMILES string of the molecule is COCCN(C)c1nc2c([C@@H](C)Nc3ccc(Cl)nc3C(=O)O)cc(C)cc2nc1C#N. The number of rotatable bonds is 8. The van der Waals surface area contributed by atoms with E-state index in [4.69, 9.17) is 21.3 Å². The molecular formula is C22H23ClN6O3. The minimum atomic E-state index is -1.18. The maximum absolute atomic E-state index is 11.6. The number of hydrogen-bond donors (Lipinski definition) is 2. The molecule has 0 unspecified atom stereocenters. The molecule has 0 saturated carbocycles. The molecular weight excluding hydrogens is 432 g/mol. The first-order chi connectivity index (χ1) is 15.2. The van der Waals surface area contributed by atoms with E-state index >= 15 is 0 Å². The maximum Gasteiger partial charge on any atom is 0.356 e. The zero-order valence-corrected chi connectivity index (χ0v) is 18.9. The first-order valence-electron chi connectivity index (χ1n) is 9.84. The number of carboxylic acid groups (broad SMARTS) is 1. The molecule has 166 valence electrons. The van der Waals surface area contributed by atoms with Crippen LogP contribution < -0.4 is 10.2 Å². The molecule has 9 nitrogen and oxygen atoms in total. The van der Waals surface area contributed by atoms with Crippen LogP contribution in [0.5, 0.6) is 0 Å². The van der Waals surface area contributed by atoms with E-state index in [-0.39, 0.29) is 22.6 Å². The number of carboxylic acids is 1. The number of nitrogens with zero attached hydrogens (tertiary/aromatic N) is 5. The van der Waals surface area contributed by atoms with Crippen molar-refractivity contribution in [3.63, 3.8) is 0 Å². The predicted molar refractivity (Wildman–Crippen MR) is 122 cm³/mol. The van der Waals surface area contributed by atoms with Crippen LogP contribution in [-0.2, 0) is 4.74 Å². The Labute approximate surface area is 190 Å². The number of anilines is 2. The van der Waals surface area contributed by atoms with Gasteiger partial charge in [-0.15, -0.1) is 0 Å². The highest BCUT2D eigenvalue weighted by atomic mass is 35.5. The van der Waals surface area contributed by atoms with Gasteiger partial charge in [0.25, 0.3) is 0 Å². The molecule has 0 amide bonds. The fourth-order valence-electron chi connectivity index (χ4n) is 3.35. The van der Waals surface area contributed by atoms with Gasteiger partial charge in [0, 0.05) is 26.3 Å². The van der Waals surface area contributed by atoms with E-state index in [1.165, 1.54) is 6.07 Å². The monoisotopic (exact) mass is 454 g/mol. The van der Waals surface area contributed by atoms with Crippen LogP contribution in [0.4, 0.5) is 11.5 Å². The minimum absolute atomic E-state index is 0.0974. The molecule has 0 bridgehead atoms. The molecule has 0 aliphatic heterocycles. The van der Waals surface area contributed by atoms with E-state index in [0.29, 0.717) is 35.7 Å². The van der Waals surface area contributed by atoms with Crippen molar-refractivity contribution < 1.29 is 14.6 Å². The van der Waals surface area contributed by atoms with Crippen LogP contribution in [-0.4, -0.2) is 53.3 Å². The average Bonchev–Trinajstić information content (AvgIpc) is 2.76. The summed E-state index contributed by atoms with van der Waals surface area (Å²) >= 11 is 5.86. The van der Waals surface area contributed by atoms with Gasteiger partial charge in [-0.25, -0.2) is 19.7 Å². The second kappa shape index (κ2) is 9.77. The number of methoxy groups -OCH3 is 1. The maximum atomic E-state index is 11.6. The van der Waals surface area contributed by atoms with E-state index in [1.54, 1.807) is 13.2 Å². The summed E-state index contributed by atoms with van der Waals surface area (Å²) in [5.74, 6) is -0.731. The summed E-state index contributed by atoms with van der Waals surface area (Å²) in [6, 6.07) is 8.72. The molecule has 0 aliphatic rings. The van der Waals surface area contributed by atoms with Crippen molar-refractivity contribution >= 4 is 40.1 Å². The summed E-state index contributed by atoms with van der Waals surface area (Å²) in [7, 11) is 3.43. The molecule has 2 N–H and O–H groups in total. The lowest BCUT2D eigenvalue weighted by Crippen LogP contribution is -2.24. The average molecular weight is 455 g/mol. The second-order valence-electron chi connectivity index (χ2n) is 7.35. The van der Waals surface area contributed by atoms with Crippen LogP contribution in [0.15, 0.2) is 24.3 Å². The highest BCUT2D eigenvalue weighted by Crippen LogP contribution is 2.30. The molecule has 0 saturated heterocycles. The Bertz CT molecular complexity index is 1210. The lowest BCUT2D eigenvalue weighted by Gasteiger charge is -2.22. The lowest BCUT2D eigenvalue weighted by atomic mass is 10.0. The number of aromatic carboxylic acids is 1. The highest BCUT2D eigenvalue weighted by molar-refractivity contribution is 6.29. The number of ether oxygens (including phenoxy) is 1. The lowest BCUT2D eigenvalue weighted by molar-refractivity contribution is 0.0691. The van der Waals surface area contributed by atoms with Crippen molar-refractivity contribution in [2.75, 3.05) is 37.5 Å². The molecule has 0 fully saturated rings. The largest absolute Gasteiger partial charge is 0.476 e. The molecule has 0 spiro atoms. The highest BCUT2D eigenvalue weighted by Gasteiger charge is 2.20. The number of halogens is 1. The molecule has 10 heteroatoms. The number of benzene rings is 1. The van der Waals surface area contributed by atoms with Gasteiger partial charge in [-0.3, -0.25) is 0 Å². The number of nitriles is 1. The molecule has 3 aromatic rings. The number of nitrogens with one attached hydrogen (secondary N) is 1. The smallest absolute Gasteiger partial charge is 0.356 e. The first kappa shape index (κ1) is 23.2. The van der Waals surface area contributed by atoms with Crippen LogP contribution in [0.25, 0.3) is 11.0 Å². The topological polar surface area (TPSA) is 124 Å². The van der Waals surface area contributed by atoms with Gasteiger partial charge in [0.1, 0.15) is 11.2 Å². The fraction of sp³-hybridized carbons (Fsp3) is 0.318. The summed E-state index contributed by atoms with van der Waals surface area (Å²) in [5, 5.41) is 22.4. The summed E-state index contributed by atoms with van der Waals surface area (Å²) < 4.78 is 5.13. The fourth-order valence-corrected chi connectivity index (χ4v) is 3.50. The van der Waals surface area contributed by atoms with E-state index in [0.717, 1.165) is 11.1 Å². The number of fused-ring (bicyclic) bond motifs is 1. The third kappa shape index (κ3) is 4.88. The Morgan fingerprint density at radius 2 is 2.09 bits per heavy atom. The Hall–Kier alpha value is -3.48. The predicted octanol–water partition coefficient (Wildman–Crippen LogP) is 3.81. The van der Waals surface area contributed by atoms with Crippen molar-refractivity contribution in [3.05, 3.63) is 51.9 Å². The summed E-state index contributed by atoms with van der Waals surface area (Å²) in [4.78, 5) is 26.6. The van der Waals surface area contributed by atoms with Gasteiger partial charge >= 0.3 is 5.97 Å². The van der Waals surface area contributed by atoms with Crippen LogP contribution in [0, 0.1) is 18.3 Å². The quantitative estimate of drug-likeness (QED) is 0.488. The van der Waals surface area contributed by atoms with Gasteiger partial charge in [0.15, 0.2) is 17.2 Å². The zero-order valence-electron chi connectivity index (χ0n) is 18.2. The molecule has 2 aromatic heterocycles. The minimum Gasteiger partial charge on any atom is -0.476 e. The van der Waals surface area contributed by atoms with Crippen molar-refractivity contribution in [2.45, 2.75) is 19.9 Å². The van der Waals surface area contributed by atoms with Gasteiger partial charge in [0.05, 0.1) is 29.4 Å². The van der Waals surface area contributed by atoms with Gasteiger partial charge in [-0.1, -0.05) is 17.7 Å². The second-order valence-corrected chi connectivity index (χ2v) is 7.73. The molecule has 3 rings (SSSR count). The van der Waals surface area contributed by atoms with Gasteiger partial charge in [-0.05, 0) is 37.6 Å². The number of hydrogen-bond acceptors (Lipinski definition) is 8. The first-order valence-corrected chi connectivity index (χ1v) is 10.2. The third-order valence-corrected chi connectivity index (χ3v) is 5.14. The normalized spacial score (nSPS) is 11.8. The molecule has 32 heavy (non-hydrogen) atoms. The van der Waals surface area contributed by atoms with E-state index in [2.05, 4.69) is 21.4 Å². The molecule has 2 heterocycles.